The largest absolute Gasteiger partial charge is 0.488 e. The zero-order valence-corrected chi connectivity index (χ0v) is 14.6. The van der Waals surface area contributed by atoms with Crippen molar-refractivity contribution in [3.63, 3.8) is 0 Å². The molecule has 0 saturated carbocycles. The maximum atomic E-state index is 11.6. The number of piperidine rings is 1. The van der Waals surface area contributed by atoms with E-state index in [1.54, 1.807) is 12.1 Å². The van der Waals surface area contributed by atoms with E-state index in [9.17, 15) is 9.90 Å². The van der Waals surface area contributed by atoms with E-state index in [-0.39, 0.29) is 5.56 Å². The highest BCUT2D eigenvalue weighted by Gasteiger charge is 2.19. The Bertz CT molecular complexity index is 714. The molecule has 0 amide bonds. The molecular formula is C21H25NO3. The van der Waals surface area contributed by atoms with Crippen molar-refractivity contribution in [3.8, 4) is 5.75 Å². The van der Waals surface area contributed by atoms with Crippen molar-refractivity contribution in [3.05, 3.63) is 65.2 Å². The van der Waals surface area contributed by atoms with Gasteiger partial charge in [0.05, 0.1) is 0 Å². The average Bonchev–Trinajstić information content (AvgIpc) is 2.63. The van der Waals surface area contributed by atoms with Crippen molar-refractivity contribution in [1.82, 2.24) is 4.90 Å². The summed E-state index contributed by atoms with van der Waals surface area (Å²) in [6, 6.07) is 15.8. The van der Waals surface area contributed by atoms with Crippen LogP contribution in [-0.2, 0) is 13.2 Å². The van der Waals surface area contributed by atoms with Crippen LogP contribution >= 0.6 is 0 Å². The van der Waals surface area contributed by atoms with Gasteiger partial charge in [-0.15, -0.1) is 0 Å². The lowest BCUT2D eigenvalue weighted by molar-refractivity contribution is 0.0691. The first kappa shape index (κ1) is 17.5. The Kier molecular flexibility index (Phi) is 5.71. The topological polar surface area (TPSA) is 49.8 Å². The first-order chi connectivity index (χ1) is 12.1. The van der Waals surface area contributed by atoms with Gasteiger partial charge in [-0.25, -0.2) is 4.79 Å². The van der Waals surface area contributed by atoms with Crippen molar-refractivity contribution in [2.45, 2.75) is 45.4 Å². The maximum Gasteiger partial charge on any atom is 0.339 e. The smallest absolute Gasteiger partial charge is 0.339 e. The van der Waals surface area contributed by atoms with Crippen LogP contribution in [-0.4, -0.2) is 28.6 Å². The third-order valence-corrected chi connectivity index (χ3v) is 4.84. The van der Waals surface area contributed by atoms with Gasteiger partial charge in [-0.1, -0.05) is 42.8 Å². The molecule has 0 aromatic heterocycles. The van der Waals surface area contributed by atoms with E-state index in [1.807, 2.05) is 36.4 Å². The summed E-state index contributed by atoms with van der Waals surface area (Å²) in [5.74, 6) is -0.525. The molecule has 1 unspecified atom stereocenters. The average molecular weight is 339 g/mol. The number of ether oxygens (including phenoxy) is 1. The number of nitrogens with zero attached hydrogens (tertiary/aromatic N) is 1. The van der Waals surface area contributed by atoms with Gasteiger partial charge in [0.1, 0.15) is 17.9 Å². The Morgan fingerprint density at radius 1 is 1.16 bits per heavy atom. The minimum absolute atomic E-state index is 0.234. The molecule has 132 valence electrons. The predicted octanol–water partition coefficient (Wildman–Crippen LogP) is 4.34. The Labute approximate surface area is 149 Å². The standard InChI is InChI=1S/C21H25NO3/c1-16-7-5-6-12-22(16)14-18-10-11-20(19(13-18)21(23)24)25-15-17-8-3-2-4-9-17/h2-4,8-11,13,16H,5-7,12,14-15H2,1H3,(H,23,24). The minimum atomic E-state index is -0.948. The maximum absolute atomic E-state index is 11.6. The summed E-state index contributed by atoms with van der Waals surface area (Å²) < 4.78 is 5.76. The fourth-order valence-electron chi connectivity index (χ4n) is 3.33. The van der Waals surface area contributed by atoms with Crippen molar-refractivity contribution in [2.75, 3.05) is 6.54 Å². The van der Waals surface area contributed by atoms with Gasteiger partial charge in [0.2, 0.25) is 0 Å². The predicted molar refractivity (Wildman–Crippen MR) is 97.9 cm³/mol. The molecule has 2 aromatic carbocycles. The van der Waals surface area contributed by atoms with Crippen LogP contribution in [0.3, 0.4) is 0 Å². The van der Waals surface area contributed by atoms with Crippen molar-refractivity contribution >= 4 is 5.97 Å². The van der Waals surface area contributed by atoms with Crippen molar-refractivity contribution in [1.29, 1.82) is 0 Å². The molecule has 0 spiro atoms. The Hall–Kier alpha value is -2.33. The summed E-state index contributed by atoms with van der Waals surface area (Å²) in [6.45, 7) is 4.48. The van der Waals surface area contributed by atoms with Crippen LogP contribution in [0.5, 0.6) is 5.75 Å². The van der Waals surface area contributed by atoms with Gasteiger partial charge < -0.3 is 9.84 Å². The van der Waals surface area contributed by atoms with Gasteiger partial charge in [0, 0.05) is 12.6 Å². The number of likely N-dealkylation sites (tertiary alicyclic amines) is 1. The quantitative estimate of drug-likeness (QED) is 0.850. The number of rotatable bonds is 6. The third-order valence-electron chi connectivity index (χ3n) is 4.84. The summed E-state index contributed by atoms with van der Waals surface area (Å²) >= 11 is 0. The fraction of sp³-hybridized carbons (Fsp3) is 0.381. The lowest BCUT2D eigenvalue weighted by atomic mass is 10.0. The summed E-state index contributed by atoms with van der Waals surface area (Å²) in [5.41, 5.74) is 2.28. The molecule has 4 heteroatoms. The van der Waals surface area contributed by atoms with Crippen LogP contribution in [0.1, 0.15) is 47.7 Å². The van der Waals surface area contributed by atoms with Crippen LogP contribution in [0, 0.1) is 0 Å². The molecule has 1 saturated heterocycles. The van der Waals surface area contributed by atoms with Gasteiger partial charge in [-0.3, -0.25) is 4.90 Å². The van der Waals surface area contributed by atoms with Crippen molar-refractivity contribution in [2.24, 2.45) is 0 Å². The third kappa shape index (κ3) is 4.60. The molecule has 1 N–H and O–H groups in total. The van der Waals surface area contributed by atoms with Gasteiger partial charge in [0.15, 0.2) is 0 Å². The molecule has 1 heterocycles. The lowest BCUT2D eigenvalue weighted by Crippen LogP contribution is -2.36. The molecule has 1 fully saturated rings. The lowest BCUT2D eigenvalue weighted by Gasteiger charge is -2.33. The molecule has 25 heavy (non-hydrogen) atoms. The van der Waals surface area contributed by atoms with Crippen LogP contribution in [0.4, 0.5) is 0 Å². The molecule has 1 aliphatic rings. The van der Waals surface area contributed by atoms with E-state index in [2.05, 4.69) is 11.8 Å². The van der Waals surface area contributed by atoms with E-state index < -0.39 is 5.97 Å². The van der Waals surface area contributed by atoms with E-state index in [0.717, 1.165) is 24.2 Å². The van der Waals surface area contributed by atoms with Gasteiger partial charge in [-0.05, 0) is 49.6 Å². The van der Waals surface area contributed by atoms with Gasteiger partial charge in [0.25, 0.3) is 0 Å². The molecule has 4 nitrogen and oxygen atoms in total. The fourth-order valence-corrected chi connectivity index (χ4v) is 3.33. The summed E-state index contributed by atoms with van der Waals surface area (Å²) in [7, 11) is 0. The second-order valence-electron chi connectivity index (χ2n) is 6.73. The second kappa shape index (κ2) is 8.17. The Morgan fingerprint density at radius 2 is 1.96 bits per heavy atom. The Morgan fingerprint density at radius 3 is 2.68 bits per heavy atom. The van der Waals surface area contributed by atoms with Crippen molar-refractivity contribution < 1.29 is 14.6 Å². The zero-order valence-electron chi connectivity index (χ0n) is 14.6. The molecule has 1 aliphatic heterocycles. The van der Waals surface area contributed by atoms with Crippen LogP contribution in [0.25, 0.3) is 0 Å². The number of benzene rings is 2. The summed E-state index contributed by atoms with van der Waals surface area (Å²) in [6.07, 6.45) is 3.71. The zero-order chi connectivity index (χ0) is 17.6. The molecule has 0 aliphatic carbocycles. The molecule has 1 atom stereocenters. The second-order valence-corrected chi connectivity index (χ2v) is 6.73. The number of carboxylic acids is 1. The van der Waals surface area contributed by atoms with Crippen LogP contribution in [0.2, 0.25) is 0 Å². The summed E-state index contributed by atoms with van der Waals surface area (Å²) in [4.78, 5) is 14.1. The number of carboxylic acid groups (broad SMARTS) is 1. The first-order valence-corrected chi connectivity index (χ1v) is 8.90. The molecule has 0 bridgehead atoms. The molecule has 2 aromatic rings. The number of hydrogen-bond acceptors (Lipinski definition) is 3. The van der Waals surface area contributed by atoms with E-state index in [4.69, 9.17) is 4.74 Å². The molecule has 0 radical (unpaired) electrons. The van der Waals surface area contributed by atoms with E-state index in [0.29, 0.717) is 18.4 Å². The highest BCUT2D eigenvalue weighted by Crippen LogP contribution is 2.24. The Balaban J connectivity index is 1.72. The van der Waals surface area contributed by atoms with Crippen LogP contribution < -0.4 is 4.74 Å². The minimum Gasteiger partial charge on any atom is -0.488 e. The number of carbonyl (C=O) groups is 1. The van der Waals surface area contributed by atoms with Crippen LogP contribution in [0.15, 0.2) is 48.5 Å². The van der Waals surface area contributed by atoms with Gasteiger partial charge >= 0.3 is 5.97 Å². The normalized spacial score (nSPS) is 18.0. The first-order valence-electron chi connectivity index (χ1n) is 8.90. The highest BCUT2D eigenvalue weighted by molar-refractivity contribution is 5.91. The van der Waals surface area contributed by atoms with Gasteiger partial charge in [-0.2, -0.15) is 0 Å². The number of hydrogen-bond donors (Lipinski definition) is 1. The highest BCUT2D eigenvalue weighted by atomic mass is 16.5. The SMILES string of the molecule is CC1CCCCN1Cc1ccc(OCc2ccccc2)c(C(=O)O)c1. The monoisotopic (exact) mass is 339 g/mol. The van der Waals surface area contributed by atoms with E-state index in [1.165, 1.54) is 19.3 Å². The molecule has 3 rings (SSSR count). The number of aromatic carboxylic acids is 1. The molecular weight excluding hydrogens is 314 g/mol. The van der Waals surface area contributed by atoms with E-state index >= 15 is 0 Å². The summed E-state index contributed by atoms with van der Waals surface area (Å²) in [5, 5.41) is 9.55.